The van der Waals surface area contributed by atoms with E-state index in [1.807, 2.05) is 62.5 Å². The average Bonchev–Trinajstić information content (AvgIpc) is 3.47. The Hall–Kier alpha value is -4.33. The fourth-order valence-corrected chi connectivity index (χ4v) is 5.23. The number of hydrogen-bond donors (Lipinski definition) is 2. The van der Waals surface area contributed by atoms with Gasteiger partial charge >= 0.3 is 0 Å². The van der Waals surface area contributed by atoms with E-state index in [9.17, 15) is 10.2 Å². The minimum absolute atomic E-state index is 0.206. The monoisotopic (exact) mass is 526 g/mol. The number of nitrogens with zero attached hydrogens (tertiary/aromatic N) is 1. The molecule has 2 aromatic heterocycles. The quantitative estimate of drug-likeness (QED) is 0.257. The van der Waals surface area contributed by atoms with Gasteiger partial charge in [0.2, 0.25) is 5.69 Å². The van der Waals surface area contributed by atoms with E-state index in [1.54, 1.807) is 27.6 Å². The Morgan fingerprint density at radius 3 is 2.18 bits per heavy atom. The van der Waals surface area contributed by atoms with Crippen LogP contribution >= 0.6 is 0 Å². The predicted octanol–water partition coefficient (Wildman–Crippen LogP) is 5.58. The molecule has 2 heterocycles. The number of aryl methyl sites for hydroxylation is 1. The summed E-state index contributed by atoms with van der Waals surface area (Å²) in [5, 5.41) is 21.8. The Balaban J connectivity index is 1.74. The van der Waals surface area contributed by atoms with Gasteiger partial charge < -0.3 is 28.8 Å². The maximum Gasteiger partial charge on any atom is 0.213 e. The molecular formula is C32H32NO6+. The van der Waals surface area contributed by atoms with Crippen LogP contribution in [0.1, 0.15) is 16.8 Å². The van der Waals surface area contributed by atoms with Crippen LogP contribution in [0, 0.1) is 6.92 Å². The number of aromatic nitrogens is 1. The molecule has 0 aliphatic rings. The lowest BCUT2D eigenvalue weighted by molar-refractivity contribution is -0.665. The van der Waals surface area contributed by atoms with E-state index in [-0.39, 0.29) is 13.2 Å². The fraction of sp³-hybridized carbons (Fsp3) is 0.219. The van der Waals surface area contributed by atoms with Gasteiger partial charge in [0.1, 0.15) is 18.6 Å². The molecule has 0 saturated carbocycles. The van der Waals surface area contributed by atoms with Gasteiger partial charge in [-0.1, -0.05) is 30.3 Å². The average molecular weight is 527 g/mol. The van der Waals surface area contributed by atoms with Gasteiger partial charge in [-0.25, -0.2) is 0 Å². The maximum absolute atomic E-state index is 10.0. The Labute approximate surface area is 227 Å². The van der Waals surface area contributed by atoms with Crippen LogP contribution in [0.3, 0.4) is 0 Å². The van der Waals surface area contributed by atoms with E-state index in [4.69, 9.17) is 18.6 Å². The summed E-state index contributed by atoms with van der Waals surface area (Å²) in [6, 6.07) is 19.9. The number of benzene rings is 3. The van der Waals surface area contributed by atoms with E-state index >= 15 is 0 Å². The third kappa shape index (κ3) is 4.50. The second kappa shape index (κ2) is 10.8. The minimum Gasteiger partial charge on any atom is -0.495 e. The number of rotatable bonds is 8. The van der Waals surface area contributed by atoms with E-state index in [2.05, 4.69) is 16.7 Å². The Morgan fingerprint density at radius 2 is 1.54 bits per heavy atom. The molecule has 0 atom stereocenters. The molecule has 0 saturated heterocycles. The second-order valence-electron chi connectivity index (χ2n) is 9.33. The van der Waals surface area contributed by atoms with Crippen molar-refractivity contribution in [2.75, 3.05) is 21.3 Å². The third-order valence-electron chi connectivity index (χ3n) is 7.30. The summed E-state index contributed by atoms with van der Waals surface area (Å²) in [6.45, 7) is 1.58. The van der Waals surface area contributed by atoms with Gasteiger partial charge in [-0.15, -0.1) is 0 Å². The molecule has 0 aliphatic heterocycles. The van der Waals surface area contributed by atoms with Crippen LogP contribution in [-0.2, 0) is 20.3 Å². The van der Waals surface area contributed by atoms with Gasteiger partial charge in [0.25, 0.3) is 0 Å². The summed E-state index contributed by atoms with van der Waals surface area (Å²) in [4.78, 5) is 0. The van der Waals surface area contributed by atoms with Gasteiger partial charge in [-0.05, 0) is 35.2 Å². The molecular weight excluding hydrogens is 494 g/mol. The lowest BCUT2D eigenvalue weighted by Crippen LogP contribution is -2.35. The van der Waals surface area contributed by atoms with Gasteiger partial charge in [-0.3, -0.25) is 0 Å². The highest BCUT2D eigenvalue weighted by molar-refractivity contribution is 5.94. The molecule has 3 aromatic carbocycles. The third-order valence-corrected chi connectivity index (χ3v) is 7.30. The number of methoxy groups -OCH3 is 3. The Bertz CT molecular complexity index is 1660. The highest BCUT2D eigenvalue weighted by Crippen LogP contribution is 2.44. The first kappa shape index (κ1) is 26.3. The number of ether oxygens (including phenoxy) is 3. The van der Waals surface area contributed by atoms with E-state index in [0.717, 1.165) is 50.2 Å². The van der Waals surface area contributed by atoms with Crippen LogP contribution < -0.4 is 18.8 Å². The van der Waals surface area contributed by atoms with Gasteiger partial charge in [0.05, 0.1) is 51.8 Å². The summed E-state index contributed by atoms with van der Waals surface area (Å²) >= 11 is 0. The molecule has 0 bridgehead atoms. The van der Waals surface area contributed by atoms with Gasteiger partial charge in [0.15, 0.2) is 17.2 Å². The van der Waals surface area contributed by atoms with Crippen LogP contribution in [0.25, 0.3) is 44.5 Å². The minimum atomic E-state index is -0.228. The van der Waals surface area contributed by atoms with Crippen molar-refractivity contribution in [2.24, 2.45) is 7.05 Å². The predicted molar refractivity (Wildman–Crippen MR) is 150 cm³/mol. The van der Waals surface area contributed by atoms with E-state index < -0.39 is 0 Å². The maximum atomic E-state index is 10.0. The molecule has 200 valence electrons. The topological polar surface area (TPSA) is 85.2 Å². The summed E-state index contributed by atoms with van der Waals surface area (Å²) < 4.78 is 25.3. The SMILES string of the molecule is COc1cc(-c2cc3cc(CO)c(CO)c(OC)c3c(C)[n+]2C)cc(-c2coc(-c3ccccc3)c2)c1OC. The zero-order valence-corrected chi connectivity index (χ0v) is 22.7. The van der Waals surface area contributed by atoms with Crippen molar-refractivity contribution in [3.8, 4) is 51.0 Å². The van der Waals surface area contributed by atoms with Crippen molar-refractivity contribution in [1.82, 2.24) is 0 Å². The molecule has 5 rings (SSSR count). The lowest BCUT2D eigenvalue weighted by Gasteiger charge is -2.17. The summed E-state index contributed by atoms with van der Waals surface area (Å²) in [5.74, 6) is 2.53. The van der Waals surface area contributed by atoms with Crippen LogP contribution in [-0.4, -0.2) is 31.5 Å². The molecule has 2 N–H and O–H groups in total. The van der Waals surface area contributed by atoms with Crippen molar-refractivity contribution < 1.29 is 33.4 Å². The number of furan rings is 1. The van der Waals surface area contributed by atoms with Crippen molar-refractivity contribution in [3.63, 3.8) is 0 Å². The first-order valence-electron chi connectivity index (χ1n) is 12.6. The van der Waals surface area contributed by atoms with Crippen LogP contribution in [0.4, 0.5) is 0 Å². The molecule has 0 unspecified atom stereocenters. The number of hydrogen-bond acceptors (Lipinski definition) is 6. The molecule has 5 aromatic rings. The highest BCUT2D eigenvalue weighted by atomic mass is 16.5. The Morgan fingerprint density at radius 1 is 0.795 bits per heavy atom. The number of pyridine rings is 1. The normalized spacial score (nSPS) is 11.2. The van der Waals surface area contributed by atoms with Crippen molar-refractivity contribution in [2.45, 2.75) is 20.1 Å². The fourth-order valence-electron chi connectivity index (χ4n) is 5.23. The molecule has 0 fully saturated rings. The van der Waals surface area contributed by atoms with Crippen LogP contribution in [0.15, 0.2) is 71.3 Å². The number of aliphatic hydroxyl groups is 2. The van der Waals surface area contributed by atoms with E-state index in [1.165, 1.54) is 0 Å². The number of fused-ring (bicyclic) bond motifs is 1. The molecule has 39 heavy (non-hydrogen) atoms. The zero-order valence-electron chi connectivity index (χ0n) is 22.7. The van der Waals surface area contributed by atoms with Gasteiger partial charge in [-0.2, -0.15) is 4.57 Å². The first-order chi connectivity index (χ1) is 18.9. The summed E-state index contributed by atoms with van der Waals surface area (Å²) in [7, 11) is 6.82. The van der Waals surface area contributed by atoms with Crippen LogP contribution in [0.2, 0.25) is 0 Å². The largest absolute Gasteiger partial charge is 0.495 e. The van der Waals surface area contributed by atoms with Crippen molar-refractivity contribution >= 4 is 10.8 Å². The molecule has 0 amide bonds. The Kier molecular flexibility index (Phi) is 7.28. The van der Waals surface area contributed by atoms with Crippen molar-refractivity contribution in [3.05, 3.63) is 83.7 Å². The molecule has 7 heteroatoms. The summed E-state index contributed by atoms with van der Waals surface area (Å²) in [6.07, 6.45) is 1.73. The van der Waals surface area contributed by atoms with Gasteiger partial charge in [0, 0.05) is 35.2 Å². The molecule has 0 radical (unpaired) electrons. The lowest BCUT2D eigenvalue weighted by atomic mass is 9.95. The summed E-state index contributed by atoms with van der Waals surface area (Å²) in [5.41, 5.74) is 6.68. The van der Waals surface area contributed by atoms with E-state index in [0.29, 0.717) is 28.4 Å². The standard InChI is InChI=1S/C32H32NO6/c1-19-30-22(11-23(16-34)26(17-35)32(30)38-5)13-27(33(19)2)21-12-25(31(37-4)29(14-21)36-3)24-15-28(39-18-24)20-9-7-6-8-10-20/h6-15,18,34-35H,16-17H2,1-5H3/q+1. The molecule has 0 aliphatic carbocycles. The highest BCUT2D eigenvalue weighted by Gasteiger charge is 2.25. The molecule has 7 nitrogen and oxygen atoms in total. The second-order valence-corrected chi connectivity index (χ2v) is 9.33. The van der Waals surface area contributed by atoms with Crippen LogP contribution in [0.5, 0.6) is 17.2 Å². The number of aliphatic hydroxyl groups excluding tert-OH is 2. The van der Waals surface area contributed by atoms with Crippen molar-refractivity contribution in [1.29, 1.82) is 0 Å². The smallest absolute Gasteiger partial charge is 0.213 e. The molecule has 0 spiro atoms. The zero-order chi connectivity index (χ0) is 27.7. The first-order valence-corrected chi connectivity index (χ1v) is 12.6.